The lowest BCUT2D eigenvalue weighted by Crippen LogP contribution is -2.17. The molecule has 8 heteroatoms. The third-order valence-electron chi connectivity index (χ3n) is 3.16. The quantitative estimate of drug-likeness (QED) is 0.667. The number of nitro benzene ring substituents is 1. The van der Waals surface area contributed by atoms with Crippen LogP contribution in [-0.4, -0.2) is 30.8 Å². The number of anilines is 1. The fraction of sp³-hybridized carbons (Fsp3) is 0.417. The van der Waals surface area contributed by atoms with Crippen LogP contribution in [0.15, 0.2) is 24.3 Å². The summed E-state index contributed by atoms with van der Waals surface area (Å²) in [6.07, 6.45) is 0.659. The Morgan fingerprint density at radius 1 is 1.35 bits per heavy atom. The number of rotatable bonds is 4. The second-order valence-electron chi connectivity index (χ2n) is 4.83. The van der Waals surface area contributed by atoms with E-state index in [4.69, 9.17) is 0 Å². The van der Waals surface area contributed by atoms with Crippen LogP contribution in [0.2, 0.25) is 0 Å². The number of nitrogens with zero attached hydrogens (tertiary/aromatic N) is 1. The van der Waals surface area contributed by atoms with Crippen molar-refractivity contribution in [2.75, 3.05) is 16.8 Å². The minimum atomic E-state index is -2.98. The highest BCUT2D eigenvalue weighted by Gasteiger charge is 2.29. The van der Waals surface area contributed by atoms with Gasteiger partial charge in [0.2, 0.25) is 5.91 Å². The molecular weight excluding hydrogens is 284 g/mol. The van der Waals surface area contributed by atoms with Gasteiger partial charge in [-0.3, -0.25) is 14.9 Å². The van der Waals surface area contributed by atoms with Crippen LogP contribution in [-0.2, 0) is 14.6 Å². The Bertz CT molecular complexity index is 624. The predicted octanol–water partition coefficient (Wildman–Crippen LogP) is 1.36. The van der Waals surface area contributed by atoms with Crippen molar-refractivity contribution >= 4 is 27.1 Å². The molecule has 2 rings (SSSR count). The number of hydrogen-bond donors (Lipinski definition) is 1. The Morgan fingerprint density at radius 3 is 2.50 bits per heavy atom. The van der Waals surface area contributed by atoms with Crippen molar-refractivity contribution in [2.45, 2.75) is 12.8 Å². The lowest BCUT2D eigenvalue weighted by Gasteiger charge is -2.08. The number of nitro groups is 1. The highest BCUT2D eigenvalue weighted by molar-refractivity contribution is 7.91. The second-order valence-corrected chi connectivity index (χ2v) is 7.05. The van der Waals surface area contributed by atoms with E-state index in [0.717, 1.165) is 0 Å². The van der Waals surface area contributed by atoms with Gasteiger partial charge in [0.05, 0.1) is 16.4 Å². The summed E-state index contributed by atoms with van der Waals surface area (Å²) in [4.78, 5) is 21.7. The zero-order valence-corrected chi connectivity index (χ0v) is 11.4. The van der Waals surface area contributed by atoms with Crippen molar-refractivity contribution in [3.8, 4) is 0 Å². The van der Waals surface area contributed by atoms with E-state index in [9.17, 15) is 23.3 Å². The van der Waals surface area contributed by atoms with Gasteiger partial charge in [-0.1, -0.05) is 0 Å². The third-order valence-corrected chi connectivity index (χ3v) is 5.00. The highest BCUT2D eigenvalue weighted by Crippen LogP contribution is 2.22. The molecule has 20 heavy (non-hydrogen) atoms. The molecule has 108 valence electrons. The van der Waals surface area contributed by atoms with Crippen LogP contribution in [0.25, 0.3) is 0 Å². The van der Waals surface area contributed by atoms with Gasteiger partial charge in [-0.05, 0) is 24.5 Å². The van der Waals surface area contributed by atoms with E-state index in [0.29, 0.717) is 12.1 Å². The number of carbonyl (C=O) groups is 1. The molecule has 1 amide bonds. The maximum Gasteiger partial charge on any atom is 0.269 e. The van der Waals surface area contributed by atoms with Crippen molar-refractivity contribution in [1.82, 2.24) is 0 Å². The topological polar surface area (TPSA) is 106 Å². The molecule has 0 spiro atoms. The average Bonchev–Trinajstić information content (AvgIpc) is 2.69. The number of carbonyl (C=O) groups excluding carboxylic acids is 1. The molecular formula is C12H14N2O5S. The number of hydrogen-bond acceptors (Lipinski definition) is 5. The summed E-state index contributed by atoms with van der Waals surface area (Å²) in [5, 5.41) is 13.1. The van der Waals surface area contributed by atoms with Crippen molar-refractivity contribution in [3.63, 3.8) is 0 Å². The van der Waals surface area contributed by atoms with Gasteiger partial charge in [-0.2, -0.15) is 0 Å². The largest absolute Gasteiger partial charge is 0.326 e. The predicted molar refractivity (Wildman–Crippen MR) is 73.1 cm³/mol. The van der Waals surface area contributed by atoms with Crippen LogP contribution in [0.1, 0.15) is 12.8 Å². The molecule has 7 nitrogen and oxygen atoms in total. The summed E-state index contributed by atoms with van der Waals surface area (Å²) >= 11 is 0. The normalized spacial score (nSPS) is 20.5. The fourth-order valence-corrected chi connectivity index (χ4v) is 4.04. The van der Waals surface area contributed by atoms with E-state index in [1.165, 1.54) is 24.3 Å². The van der Waals surface area contributed by atoms with Gasteiger partial charge in [0.1, 0.15) is 0 Å². The first kappa shape index (κ1) is 14.4. The third kappa shape index (κ3) is 3.77. The van der Waals surface area contributed by atoms with Gasteiger partial charge in [0.15, 0.2) is 9.84 Å². The molecule has 1 heterocycles. The molecule has 0 aromatic heterocycles. The Balaban J connectivity index is 1.90. The maximum atomic E-state index is 11.8. The van der Waals surface area contributed by atoms with Gasteiger partial charge in [-0.25, -0.2) is 8.42 Å². The van der Waals surface area contributed by atoms with Gasteiger partial charge in [0.25, 0.3) is 5.69 Å². The smallest absolute Gasteiger partial charge is 0.269 e. The summed E-state index contributed by atoms with van der Waals surface area (Å²) in [6, 6.07) is 5.49. The summed E-state index contributed by atoms with van der Waals surface area (Å²) < 4.78 is 22.6. The number of sulfone groups is 1. The van der Waals surface area contributed by atoms with Gasteiger partial charge < -0.3 is 5.32 Å². The summed E-state index contributed by atoms with van der Waals surface area (Å²) in [5.41, 5.74) is 0.409. The zero-order chi connectivity index (χ0) is 14.8. The highest BCUT2D eigenvalue weighted by atomic mass is 32.2. The van der Waals surface area contributed by atoms with E-state index in [1.54, 1.807) is 0 Å². The molecule has 1 N–H and O–H groups in total. The first-order valence-electron chi connectivity index (χ1n) is 6.10. The summed E-state index contributed by atoms with van der Waals surface area (Å²) in [5.74, 6) is -0.220. The first-order valence-corrected chi connectivity index (χ1v) is 7.92. The number of benzene rings is 1. The molecule has 1 unspecified atom stereocenters. The molecule has 1 aromatic rings. The van der Waals surface area contributed by atoms with Crippen LogP contribution in [0, 0.1) is 16.0 Å². The molecule has 1 aliphatic heterocycles. The van der Waals surface area contributed by atoms with Crippen molar-refractivity contribution in [3.05, 3.63) is 34.4 Å². The van der Waals surface area contributed by atoms with E-state index >= 15 is 0 Å². The molecule has 1 atom stereocenters. The number of non-ortho nitro benzene ring substituents is 1. The summed E-state index contributed by atoms with van der Waals surface area (Å²) in [6.45, 7) is 0. The lowest BCUT2D eigenvalue weighted by atomic mass is 10.1. The van der Waals surface area contributed by atoms with Crippen LogP contribution in [0.3, 0.4) is 0 Å². The Hall–Kier alpha value is -1.96. The summed E-state index contributed by atoms with van der Waals surface area (Å²) in [7, 11) is -2.98. The molecule has 0 bridgehead atoms. The monoisotopic (exact) mass is 298 g/mol. The molecule has 0 aliphatic carbocycles. The van der Waals surface area contributed by atoms with E-state index < -0.39 is 14.8 Å². The van der Waals surface area contributed by atoms with Crippen LogP contribution in [0.4, 0.5) is 11.4 Å². The van der Waals surface area contributed by atoms with Crippen molar-refractivity contribution in [1.29, 1.82) is 0 Å². The Kier molecular flexibility index (Phi) is 4.03. The molecule has 1 saturated heterocycles. The number of nitrogens with one attached hydrogen (secondary N) is 1. The zero-order valence-electron chi connectivity index (χ0n) is 10.6. The van der Waals surface area contributed by atoms with Crippen LogP contribution >= 0.6 is 0 Å². The minimum Gasteiger partial charge on any atom is -0.326 e. The molecule has 1 aromatic carbocycles. The second kappa shape index (κ2) is 5.58. The Morgan fingerprint density at radius 2 is 2.00 bits per heavy atom. The molecule has 0 radical (unpaired) electrons. The number of amides is 1. The van der Waals surface area contributed by atoms with E-state index in [-0.39, 0.29) is 35.4 Å². The standard InChI is InChI=1S/C12H14N2O5S/c15-12(7-9-5-6-20(18,19)8-9)13-10-1-3-11(4-2-10)14(16)17/h1-4,9H,5-8H2,(H,13,15). The van der Waals surface area contributed by atoms with E-state index in [2.05, 4.69) is 5.32 Å². The van der Waals surface area contributed by atoms with Gasteiger partial charge in [0, 0.05) is 24.2 Å². The lowest BCUT2D eigenvalue weighted by molar-refractivity contribution is -0.384. The maximum absolute atomic E-state index is 11.8. The van der Waals surface area contributed by atoms with Gasteiger partial charge >= 0.3 is 0 Å². The average molecular weight is 298 g/mol. The van der Waals surface area contributed by atoms with Crippen LogP contribution in [0.5, 0.6) is 0 Å². The molecule has 0 saturated carbocycles. The van der Waals surface area contributed by atoms with Gasteiger partial charge in [-0.15, -0.1) is 0 Å². The van der Waals surface area contributed by atoms with Crippen LogP contribution < -0.4 is 5.32 Å². The molecule has 1 aliphatic rings. The Labute approximate surface area is 116 Å². The molecule has 1 fully saturated rings. The first-order chi connectivity index (χ1) is 9.35. The van der Waals surface area contributed by atoms with E-state index in [1.807, 2.05) is 0 Å². The fourth-order valence-electron chi connectivity index (χ4n) is 2.17. The minimum absolute atomic E-state index is 0.0510. The SMILES string of the molecule is O=C(CC1CCS(=O)(=O)C1)Nc1ccc([N+](=O)[O-])cc1. The van der Waals surface area contributed by atoms with Crippen molar-refractivity contribution in [2.24, 2.45) is 5.92 Å². The van der Waals surface area contributed by atoms with Crippen molar-refractivity contribution < 1.29 is 18.1 Å².